The van der Waals surface area contributed by atoms with Gasteiger partial charge in [0.05, 0.1) is 0 Å². The van der Waals surface area contributed by atoms with E-state index in [1.807, 2.05) is 0 Å². The first-order valence-corrected chi connectivity index (χ1v) is 5.78. The number of hydrogen-bond donors (Lipinski definition) is 5. The third-order valence-corrected chi connectivity index (χ3v) is 2.50. The van der Waals surface area contributed by atoms with Crippen LogP contribution in [0.5, 0.6) is 0 Å². The highest BCUT2D eigenvalue weighted by molar-refractivity contribution is 6.38. The van der Waals surface area contributed by atoms with Crippen LogP contribution < -0.4 is 5.73 Å². The Labute approximate surface area is 115 Å². The van der Waals surface area contributed by atoms with Crippen molar-refractivity contribution in [1.82, 2.24) is 0 Å². The van der Waals surface area contributed by atoms with Crippen molar-refractivity contribution in [2.75, 3.05) is 6.61 Å². The molecule has 5 atom stereocenters. The van der Waals surface area contributed by atoms with Crippen molar-refractivity contribution in [2.24, 2.45) is 5.73 Å². The van der Waals surface area contributed by atoms with Gasteiger partial charge in [-0.3, -0.25) is 9.59 Å². The maximum atomic E-state index is 11.2. The minimum Gasteiger partial charge on any atom is -0.461 e. The molecule has 6 N–H and O–H groups in total. The highest BCUT2D eigenvalue weighted by Gasteiger charge is 2.35. The van der Waals surface area contributed by atoms with E-state index >= 15 is 0 Å². The fourth-order valence-corrected chi connectivity index (χ4v) is 1.22. The normalized spacial score (nSPS) is 18.6. The molecule has 0 aliphatic carbocycles. The third-order valence-electron chi connectivity index (χ3n) is 2.50. The van der Waals surface area contributed by atoms with Crippen LogP contribution in [0.25, 0.3) is 0 Å². The van der Waals surface area contributed by atoms with Crippen LogP contribution in [0.15, 0.2) is 0 Å². The Bertz CT molecular complexity index is 369. The molecule has 0 rings (SSSR count). The molecule has 0 saturated heterocycles. The van der Waals surface area contributed by atoms with Crippen LogP contribution in [-0.2, 0) is 19.1 Å². The predicted molar refractivity (Wildman–Crippen MR) is 64.3 cm³/mol. The van der Waals surface area contributed by atoms with E-state index in [2.05, 4.69) is 4.74 Å². The zero-order valence-corrected chi connectivity index (χ0v) is 11.1. The summed E-state index contributed by atoms with van der Waals surface area (Å²) < 4.78 is 4.42. The summed E-state index contributed by atoms with van der Waals surface area (Å²) >= 11 is 0. The molecular weight excluding hydrogens is 274 g/mol. The van der Waals surface area contributed by atoms with Crippen LogP contribution in [-0.4, -0.2) is 75.0 Å². The molecular formula is C11H19NO8. The van der Waals surface area contributed by atoms with Crippen molar-refractivity contribution in [3.63, 3.8) is 0 Å². The van der Waals surface area contributed by atoms with E-state index in [4.69, 9.17) is 10.8 Å². The summed E-state index contributed by atoms with van der Waals surface area (Å²) in [6.07, 6.45) is -6.97. The lowest BCUT2D eigenvalue weighted by Gasteiger charge is -2.25. The Morgan fingerprint density at radius 3 is 2.00 bits per heavy atom. The summed E-state index contributed by atoms with van der Waals surface area (Å²) in [7, 11) is 0. The van der Waals surface area contributed by atoms with E-state index in [0.29, 0.717) is 0 Å². The van der Waals surface area contributed by atoms with Gasteiger partial charge in [-0.05, 0) is 6.92 Å². The lowest BCUT2D eigenvalue weighted by molar-refractivity contribution is -0.161. The molecule has 0 aromatic rings. The third kappa shape index (κ3) is 5.31. The van der Waals surface area contributed by atoms with Crippen molar-refractivity contribution in [3.05, 3.63) is 0 Å². The number of ketones is 2. The van der Waals surface area contributed by atoms with Gasteiger partial charge in [0.25, 0.3) is 0 Å². The summed E-state index contributed by atoms with van der Waals surface area (Å²) in [5.41, 5.74) is 5.27. The molecule has 1 unspecified atom stereocenters. The van der Waals surface area contributed by atoms with Crippen LogP contribution in [0.3, 0.4) is 0 Å². The summed E-state index contributed by atoms with van der Waals surface area (Å²) in [6.45, 7) is 1.37. The Morgan fingerprint density at radius 1 is 1.10 bits per heavy atom. The topological polar surface area (TPSA) is 167 Å². The van der Waals surface area contributed by atoms with Crippen molar-refractivity contribution in [1.29, 1.82) is 0 Å². The molecule has 0 heterocycles. The quantitative estimate of drug-likeness (QED) is 0.225. The Kier molecular flexibility index (Phi) is 7.46. The SMILES string of the molecule is CC(=O)C(=O)[C@H](N)[C@@H](O)[C@H](O)[C@H](O)COC(=O)C(C)O. The molecule has 0 fully saturated rings. The molecule has 116 valence electrons. The Hall–Kier alpha value is -1.39. The van der Waals surface area contributed by atoms with E-state index in [-0.39, 0.29) is 0 Å². The molecule has 9 heteroatoms. The van der Waals surface area contributed by atoms with Crippen LogP contribution in [0.4, 0.5) is 0 Å². The van der Waals surface area contributed by atoms with Gasteiger partial charge in [-0.2, -0.15) is 0 Å². The second-order valence-corrected chi connectivity index (χ2v) is 4.30. The fraction of sp³-hybridized carbons (Fsp3) is 0.727. The van der Waals surface area contributed by atoms with Crippen molar-refractivity contribution in [3.8, 4) is 0 Å². The molecule has 0 aliphatic rings. The van der Waals surface area contributed by atoms with Gasteiger partial charge in [0.2, 0.25) is 5.78 Å². The smallest absolute Gasteiger partial charge is 0.334 e. The number of hydrogen-bond acceptors (Lipinski definition) is 9. The largest absolute Gasteiger partial charge is 0.461 e. The lowest BCUT2D eigenvalue weighted by Crippen LogP contribution is -2.54. The molecule has 0 aromatic carbocycles. The standard InChI is InChI=1S/C11H19NO8/c1-4(13)8(16)7(12)10(18)9(17)6(15)3-20-11(19)5(2)14/h5-7,9-10,14-15,17-18H,3,12H2,1-2H3/t5?,6-,7+,9-,10-/m1/s1. The minimum atomic E-state index is -1.91. The summed E-state index contributed by atoms with van der Waals surface area (Å²) in [4.78, 5) is 32.9. The summed E-state index contributed by atoms with van der Waals surface area (Å²) in [5, 5.41) is 37.4. The lowest BCUT2D eigenvalue weighted by atomic mass is 9.97. The number of Topliss-reactive ketones (excluding diaryl/α,β-unsaturated/α-hetero) is 2. The van der Waals surface area contributed by atoms with E-state index in [1.54, 1.807) is 0 Å². The van der Waals surface area contributed by atoms with E-state index in [1.165, 1.54) is 0 Å². The van der Waals surface area contributed by atoms with Gasteiger partial charge < -0.3 is 30.9 Å². The van der Waals surface area contributed by atoms with Crippen molar-refractivity contribution < 1.29 is 39.5 Å². The number of carbonyl (C=O) groups excluding carboxylic acids is 3. The predicted octanol–water partition coefficient (Wildman–Crippen LogP) is -3.52. The molecule has 0 spiro atoms. The molecule has 0 amide bonds. The van der Waals surface area contributed by atoms with Gasteiger partial charge in [-0.15, -0.1) is 0 Å². The molecule has 0 saturated carbocycles. The second-order valence-electron chi connectivity index (χ2n) is 4.30. The molecule has 0 radical (unpaired) electrons. The molecule has 20 heavy (non-hydrogen) atoms. The van der Waals surface area contributed by atoms with Crippen molar-refractivity contribution >= 4 is 17.5 Å². The first-order valence-electron chi connectivity index (χ1n) is 5.78. The van der Waals surface area contributed by atoms with Crippen LogP contribution in [0, 0.1) is 0 Å². The number of rotatable bonds is 8. The number of carbonyl (C=O) groups is 3. The van der Waals surface area contributed by atoms with Gasteiger partial charge in [0.15, 0.2) is 5.78 Å². The van der Waals surface area contributed by atoms with E-state index < -0.39 is 54.6 Å². The number of esters is 1. The fourth-order valence-electron chi connectivity index (χ4n) is 1.22. The Balaban J connectivity index is 4.49. The Morgan fingerprint density at radius 2 is 1.60 bits per heavy atom. The first kappa shape index (κ1) is 18.6. The second kappa shape index (κ2) is 8.02. The van der Waals surface area contributed by atoms with Gasteiger partial charge in [0, 0.05) is 6.92 Å². The number of aliphatic hydroxyl groups excluding tert-OH is 4. The zero-order chi connectivity index (χ0) is 16.0. The van der Waals surface area contributed by atoms with Gasteiger partial charge >= 0.3 is 5.97 Å². The number of ether oxygens (including phenoxy) is 1. The van der Waals surface area contributed by atoms with E-state index in [9.17, 15) is 29.7 Å². The van der Waals surface area contributed by atoms with Gasteiger partial charge in [-0.1, -0.05) is 0 Å². The maximum Gasteiger partial charge on any atom is 0.334 e. The van der Waals surface area contributed by atoms with Gasteiger partial charge in [-0.25, -0.2) is 4.79 Å². The summed E-state index contributed by atoms with van der Waals surface area (Å²) in [6, 6.07) is -1.70. The highest BCUT2D eigenvalue weighted by Crippen LogP contribution is 2.06. The monoisotopic (exact) mass is 293 g/mol. The average molecular weight is 293 g/mol. The number of nitrogens with two attached hydrogens (primary N) is 1. The van der Waals surface area contributed by atoms with Crippen LogP contribution >= 0.6 is 0 Å². The van der Waals surface area contributed by atoms with Gasteiger partial charge in [0.1, 0.15) is 37.1 Å². The number of aliphatic hydroxyl groups is 4. The van der Waals surface area contributed by atoms with Crippen LogP contribution in [0.2, 0.25) is 0 Å². The first-order chi connectivity index (χ1) is 9.09. The molecule has 0 aromatic heterocycles. The maximum absolute atomic E-state index is 11.2. The average Bonchev–Trinajstić information content (AvgIpc) is 2.40. The zero-order valence-electron chi connectivity index (χ0n) is 11.1. The minimum absolute atomic E-state index is 0.719. The van der Waals surface area contributed by atoms with E-state index in [0.717, 1.165) is 13.8 Å². The van der Waals surface area contributed by atoms with Crippen molar-refractivity contribution in [2.45, 2.75) is 44.3 Å². The molecule has 0 bridgehead atoms. The summed E-state index contributed by atoms with van der Waals surface area (Å²) in [5.74, 6) is -3.04. The highest BCUT2D eigenvalue weighted by atomic mass is 16.6. The van der Waals surface area contributed by atoms with Crippen LogP contribution in [0.1, 0.15) is 13.8 Å². The molecule has 0 aliphatic heterocycles. The molecule has 9 nitrogen and oxygen atoms in total.